The maximum absolute atomic E-state index is 10.0. The molecule has 0 aromatic carbocycles. The number of ether oxygens (including phenoxy) is 1. The van der Waals surface area contributed by atoms with Gasteiger partial charge in [-0.1, -0.05) is 0 Å². The SMILES string of the molecule is Nc1ncnc2c1ncn2[C@@H]1O[C@H](CS)C(O)[C@@H]1O. The Hall–Kier alpha value is -1.42. The molecule has 0 spiro atoms. The van der Waals surface area contributed by atoms with Crippen LogP contribution in [0.1, 0.15) is 6.23 Å². The Morgan fingerprint density at radius 1 is 1.32 bits per heavy atom. The number of fused-ring (bicyclic) bond motifs is 1. The molecule has 0 bridgehead atoms. The van der Waals surface area contributed by atoms with Crippen molar-refractivity contribution in [2.24, 2.45) is 0 Å². The molecule has 102 valence electrons. The first-order chi connectivity index (χ1) is 9.13. The number of hydrogen-bond donors (Lipinski definition) is 4. The van der Waals surface area contributed by atoms with Crippen molar-refractivity contribution in [2.45, 2.75) is 24.5 Å². The third-order valence-electron chi connectivity index (χ3n) is 3.18. The van der Waals surface area contributed by atoms with E-state index in [0.29, 0.717) is 16.9 Å². The minimum absolute atomic E-state index is 0.252. The molecular formula is C10H13N5O3S. The molecule has 3 rings (SSSR count). The van der Waals surface area contributed by atoms with E-state index in [2.05, 4.69) is 27.6 Å². The van der Waals surface area contributed by atoms with Gasteiger partial charge >= 0.3 is 0 Å². The number of thiol groups is 1. The van der Waals surface area contributed by atoms with E-state index in [-0.39, 0.29) is 5.82 Å². The van der Waals surface area contributed by atoms with Gasteiger partial charge in [-0.3, -0.25) is 4.57 Å². The Morgan fingerprint density at radius 2 is 2.11 bits per heavy atom. The van der Waals surface area contributed by atoms with Gasteiger partial charge in [-0.15, -0.1) is 0 Å². The van der Waals surface area contributed by atoms with Gasteiger partial charge in [0.1, 0.15) is 24.1 Å². The first-order valence-corrected chi connectivity index (χ1v) is 6.32. The van der Waals surface area contributed by atoms with Gasteiger partial charge in [0.25, 0.3) is 0 Å². The van der Waals surface area contributed by atoms with Crippen molar-refractivity contribution in [1.29, 1.82) is 0 Å². The molecule has 0 saturated carbocycles. The number of nitrogens with zero attached hydrogens (tertiary/aromatic N) is 4. The maximum atomic E-state index is 10.0. The van der Waals surface area contributed by atoms with E-state index in [1.54, 1.807) is 0 Å². The zero-order valence-electron chi connectivity index (χ0n) is 9.79. The number of nitrogen functional groups attached to an aromatic ring is 1. The lowest BCUT2D eigenvalue weighted by atomic mass is 10.1. The fraction of sp³-hybridized carbons (Fsp3) is 0.500. The molecule has 0 radical (unpaired) electrons. The number of anilines is 1. The molecule has 2 aromatic rings. The van der Waals surface area contributed by atoms with Gasteiger partial charge in [0.2, 0.25) is 0 Å². The van der Waals surface area contributed by atoms with E-state index < -0.39 is 24.5 Å². The van der Waals surface area contributed by atoms with E-state index in [4.69, 9.17) is 10.5 Å². The molecule has 1 unspecified atom stereocenters. The molecule has 4 N–H and O–H groups in total. The summed E-state index contributed by atoms with van der Waals surface area (Å²) in [6.07, 6.45) is -0.628. The molecule has 9 heteroatoms. The standard InChI is InChI=1S/C10H13N5O3S/c11-8-5-9(13-2-12-8)15(3-14-5)10-7(17)6(16)4(1-19)18-10/h2-4,6-7,10,16-17,19H,1H2,(H2,11,12,13)/t4-,6?,7+,10-/m1/s1. The summed E-state index contributed by atoms with van der Waals surface area (Å²) in [6.45, 7) is 0. The highest BCUT2D eigenvalue weighted by atomic mass is 32.1. The summed E-state index contributed by atoms with van der Waals surface area (Å²) >= 11 is 4.08. The lowest BCUT2D eigenvalue weighted by Gasteiger charge is -2.16. The summed E-state index contributed by atoms with van der Waals surface area (Å²) in [7, 11) is 0. The molecule has 2 aromatic heterocycles. The van der Waals surface area contributed by atoms with E-state index in [9.17, 15) is 10.2 Å². The number of aliphatic hydroxyl groups is 2. The van der Waals surface area contributed by atoms with Crippen LogP contribution in [-0.2, 0) is 4.74 Å². The largest absolute Gasteiger partial charge is 0.387 e. The maximum Gasteiger partial charge on any atom is 0.167 e. The van der Waals surface area contributed by atoms with Gasteiger partial charge in [-0.25, -0.2) is 15.0 Å². The predicted molar refractivity (Wildman–Crippen MR) is 69.5 cm³/mol. The van der Waals surface area contributed by atoms with Crippen LogP contribution in [0.2, 0.25) is 0 Å². The monoisotopic (exact) mass is 283 g/mol. The van der Waals surface area contributed by atoms with Gasteiger partial charge in [-0.2, -0.15) is 12.6 Å². The van der Waals surface area contributed by atoms with Crippen LogP contribution in [0.3, 0.4) is 0 Å². The third-order valence-corrected chi connectivity index (χ3v) is 3.54. The molecule has 0 aliphatic carbocycles. The first kappa shape index (κ1) is 12.6. The molecule has 8 nitrogen and oxygen atoms in total. The second-order valence-electron chi connectivity index (χ2n) is 4.31. The number of rotatable bonds is 2. The minimum atomic E-state index is -1.08. The summed E-state index contributed by atoms with van der Waals surface area (Å²) in [5.41, 5.74) is 6.57. The van der Waals surface area contributed by atoms with Gasteiger partial charge < -0.3 is 20.7 Å². The van der Waals surface area contributed by atoms with Crippen molar-refractivity contribution in [3.05, 3.63) is 12.7 Å². The number of imidazole rings is 1. The van der Waals surface area contributed by atoms with Crippen molar-refractivity contribution >= 4 is 29.6 Å². The normalized spacial score (nSPS) is 31.1. The molecule has 1 aliphatic heterocycles. The van der Waals surface area contributed by atoms with Crippen molar-refractivity contribution < 1.29 is 14.9 Å². The van der Waals surface area contributed by atoms with Crippen LogP contribution in [0.4, 0.5) is 5.82 Å². The van der Waals surface area contributed by atoms with Crippen molar-refractivity contribution in [3.63, 3.8) is 0 Å². The lowest BCUT2D eigenvalue weighted by molar-refractivity contribution is -0.0288. The molecule has 3 heterocycles. The van der Waals surface area contributed by atoms with Crippen LogP contribution in [0.25, 0.3) is 11.2 Å². The summed E-state index contributed by atoms with van der Waals surface area (Å²) < 4.78 is 7.11. The Kier molecular flexibility index (Phi) is 3.05. The summed E-state index contributed by atoms with van der Waals surface area (Å²) in [4.78, 5) is 12.0. The Labute approximate surface area is 113 Å². The van der Waals surface area contributed by atoms with Crippen molar-refractivity contribution in [2.75, 3.05) is 11.5 Å². The van der Waals surface area contributed by atoms with Crippen LogP contribution in [-0.4, -0.2) is 53.8 Å². The highest BCUT2D eigenvalue weighted by Gasteiger charge is 2.43. The highest BCUT2D eigenvalue weighted by Crippen LogP contribution is 2.32. The fourth-order valence-electron chi connectivity index (χ4n) is 2.17. The molecule has 1 aliphatic rings. The van der Waals surface area contributed by atoms with Gasteiger partial charge in [0.05, 0.1) is 12.4 Å². The zero-order chi connectivity index (χ0) is 13.6. The van der Waals surface area contributed by atoms with Crippen molar-refractivity contribution in [1.82, 2.24) is 19.5 Å². The topological polar surface area (TPSA) is 119 Å². The molecule has 0 amide bonds. The summed E-state index contributed by atoms with van der Waals surface area (Å²) in [5.74, 6) is 0.556. The van der Waals surface area contributed by atoms with Crippen LogP contribution in [0.15, 0.2) is 12.7 Å². The van der Waals surface area contributed by atoms with Gasteiger partial charge in [0, 0.05) is 5.75 Å². The average molecular weight is 283 g/mol. The van der Waals surface area contributed by atoms with E-state index >= 15 is 0 Å². The summed E-state index contributed by atoms with van der Waals surface area (Å²) in [6, 6.07) is 0. The second-order valence-corrected chi connectivity index (χ2v) is 4.68. The van der Waals surface area contributed by atoms with Crippen LogP contribution in [0, 0.1) is 0 Å². The Balaban J connectivity index is 2.04. The smallest absolute Gasteiger partial charge is 0.167 e. The zero-order valence-corrected chi connectivity index (χ0v) is 10.7. The van der Waals surface area contributed by atoms with Gasteiger partial charge in [-0.05, 0) is 0 Å². The second kappa shape index (κ2) is 4.60. The molecular weight excluding hydrogens is 270 g/mol. The van der Waals surface area contributed by atoms with Crippen molar-refractivity contribution in [3.8, 4) is 0 Å². The fourth-order valence-corrected chi connectivity index (χ4v) is 2.47. The molecule has 1 fully saturated rings. The van der Waals surface area contributed by atoms with E-state index in [1.165, 1.54) is 17.2 Å². The quantitative estimate of drug-likeness (QED) is 0.520. The number of nitrogens with two attached hydrogens (primary N) is 1. The Morgan fingerprint density at radius 3 is 2.79 bits per heavy atom. The molecule has 4 atom stereocenters. The van der Waals surface area contributed by atoms with E-state index in [1.807, 2.05) is 0 Å². The molecule has 1 saturated heterocycles. The lowest BCUT2D eigenvalue weighted by Crippen LogP contribution is -2.32. The van der Waals surface area contributed by atoms with E-state index in [0.717, 1.165) is 0 Å². The summed E-state index contributed by atoms with van der Waals surface area (Å²) in [5, 5.41) is 19.9. The van der Waals surface area contributed by atoms with Crippen LogP contribution in [0.5, 0.6) is 0 Å². The van der Waals surface area contributed by atoms with Crippen LogP contribution < -0.4 is 5.73 Å². The number of aliphatic hydroxyl groups excluding tert-OH is 2. The predicted octanol–water partition coefficient (Wildman–Crippen LogP) is -1.04. The minimum Gasteiger partial charge on any atom is -0.387 e. The van der Waals surface area contributed by atoms with Crippen LogP contribution >= 0.6 is 12.6 Å². The average Bonchev–Trinajstić information content (AvgIpc) is 2.94. The van der Waals surface area contributed by atoms with Gasteiger partial charge in [0.15, 0.2) is 17.7 Å². The third kappa shape index (κ3) is 1.86. The molecule has 19 heavy (non-hydrogen) atoms. The number of hydrogen-bond acceptors (Lipinski definition) is 8. The highest BCUT2D eigenvalue weighted by molar-refractivity contribution is 7.80. The Bertz CT molecular complexity index is 606. The first-order valence-electron chi connectivity index (χ1n) is 5.69. The number of aromatic nitrogens is 4.